The molecule has 0 bridgehead atoms. The number of rotatable bonds is 11. The standard InChI is InChI=1S/C14H23O8P/c1-5-21-23(16,22-6-2)14(17-3,18-4)8-10-20-13(15)12-7-9-19-11-12/h7,9,11H,5-6,8,10H2,1-4H3. The maximum atomic E-state index is 13.0. The van der Waals surface area contributed by atoms with E-state index in [1.807, 2.05) is 0 Å². The van der Waals surface area contributed by atoms with Gasteiger partial charge in [-0.3, -0.25) is 4.57 Å². The molecule has 0 aliphatic heterocycles. The van der Waals surface area contributed by atoms with Crippen molar-refractivity contribution in [1.82, 2.24) is 0 Å². The predicted octanol–water partition coefficient (Wildman–Crippen LogP) is 3.04. The molecule has 1 aromatic rings. The van der Waals surface area contributed by atoms with Crippen LogP contribution >= 0.6 is 7.60 Å². The molecular weight excluding hydrogens is 327 g/mol. The summed E-state index contributed by atoms with van der Waals surface area (Å²) in [5, 5.41) is 0. The summed E-state index contributed by atoms with van der Waals surface area (Å²) < 4.78 is 44.0. The minimum atomic E-state index is -3.73. The van der Waals surface area contributed by atoms with Gasteiger partial charge in [0.05, 0.1) is 31.6 Å². The average molecular weight is 350 g/mol. The highest BCUT2D eigenvalue weighted by atomic mass is 31.2. The Labute approximate surface area is 135 Å². The Morgan fingerprint density at radius 2 is 1.83 bits per heavy atom. The van der Waals surface area contributed by atoms with Crippen LogP contribution in [-0.4, -0.2) is 45.5 Å². The van der Waals surface area contributed by atoms with Gasteiger partial charge in [0.15, 0.2) is 0 Å². The number of carbonyl (C=O) groups excluding carboxylic acids is 1. The van der Waals surface area contributed by atoms with E-state index in [1.165, 1.54) is 32.8 Å². The second-order valence-corrected chi connectivity index (χ2v) is 6.54. The van der Waals surface area contributed by atoms with Crippen LogP contribution in [0.25, 0.3) is 0 Å². The largest absolute Gasteiger partial charge is 0.472 e. The molecule has 0 saturated carbocycles. The normalized spacial score (nSPS) is 12.3. The molecule has 23 heavy (non-hydrogen) atoms. The summed E-state index contributed by atoms with van der Waals surface area (Å²) in [4.78, 5) is 11.8. The maximum absolute atomic E-state index is 13.0. The first-order chi connectivity index (χ1) is 11.0. The van der Waals surface area contributed by atoms with Crippen molar-refractivity contribution in [2.75, 3.05) is 34.0 Å². The molecule has 1 heterocycles. The lowest BCUT2D eigenvalue weighted by Crippen LogP contribution is -2.37. The minimum absolute atomic E-state index is 0.0269. The molecule has 0 radical (unpaired) electrons. The lowest BCUT2D eigenvalue weighted by Gasteiger charge is -2.35. The van der Waals surface area contributed by atoms with Gasteiger partial charge < -0.3 is 27.7 Å². The van der Waals surface area contributed by atoms with Crippen LogP contribution in [0.2, 0.25) is 0 Å². The van der Waals surface area contributed by atoms with Crippen LogP contribution in [0.15, 0.2) is 23.0 Å². The van der Waals surface area contributed by atoms with Crippen molar-refractivity contribution in [2.45, 2.75) is 25.8 Å². The Morgan fingerprint density at radius 1 is 1.22 bits per heavy atom. The summed E-state index contributed by atoms with van der Waals surface area (Å²) in [5.41, 5.74) is -1.38. The van der Waals surface area contributed by atoms with Crippen LogP contribution < -0.4 is 0 Å². The third-order valence-corrected chi connectivity index (χ3v) is 5.68. The van der Waals surface area contributed by atoms with Crippen molar-refractivity contribution in [3.8, 4) is 0 Å². The van der Waals surface area contributed by atoms with Crippen LogP contribution in [0.3, 0.4) is 0 Å². The molecule has 132 valence electrons. The highest BCUT2D eigenvalue weighted by Crippen LogP contribution is 2.62. The zero-order chi connectivity index (χ0) is 17.3. The molecule has 9 heteroatoms. The predicted molar refractivity (Wildman–Crippen MR) is 81.2 cm³/mol. The Hall–Kier alpha value is -1.18. The highest BCUT2D eigenvalue weighted by molar-refractivity contribution is 7.55. The van der Waals surface area contributed by atoms with Crippen LogP contribution in [0.5, 0.6) is 0 Å². The summed E-state index contributed by atoms with van der Waals surface area (Å²) in [5.74, 6) is -0.567. The summed E-state index contributed by atoms with van der Waals surface area (Å²) in [6.45, 7) is 3.57. The van der Waals surface area contributed by atoms with Gasteiger partial charge >= 0.3 is 13.6 Å². The molecule has 8 nitrogen and oxygen atoms in total. The van der Waals surface area contributed by atoms with Crippen molar-refractivity contribution >= 4 is 13.6 Å². The molecule has 0 saturated heterocycles. The zero-order valence-electron chi connectivity index (χ0n) is 13.8. The summed E-state index contributed by atoms with van der Waals surface area (Å²) in [6, 6.07) is 1.48. The minimum Gasteiger partial charge on any atom is -0.472 e. The maximum Gasteiger partial charge on any atom is 0.389 e. The van der Waals surface area contributed by atoms with E-state index in [1.54, 1.807) is 13.8 Å². The summed E-state index contributed by atoms with van der Waals surface area (Å²) in [6.07, 6.45) is 2.61. The lowest BCUT2D eigenvalue weighted by molar-refractivity contribution is -0.168. The van der Waals surface area contributed by atoms with Gasteiger partial charge in [0, 0.05) is 20.6 Å². The second-order valence-electron chi connectivity index (χ2n) is 4.35. The Bertz CT molecular complexity index is 499. The van der Waals surface area contributed by atoms with E-state index < -0.39 is 19.1 Å². The molecule has 0 spiro atoms. The number of hydrogen-bond acceptors (Lipinski definition) is 8. The second kappa shape index (κ2) is 9.20. The van der Waals surface area contributed by atoms with Crippen LogP contribution in [0.4, 0.5) is 0 Å². The number of carbonyl (C=O) groups is 1. The number of hydrogen-bond donors (Lipinski definition) is 0. The van der Waals surface area contributed by atoms with Gasteiger partial charge in [0.25, 0.3) is 5.53 Å². The van der Waals surface area contributed by atoms with Crippen molar-refractivity contribution in [3.63, 3.8) is 0 Å². The Balaban J connectivity index is 2.79. The molecule has 0 aliphatic carbocycles. The highest BCUT2D eigenvalue weighted by Gasteiger charge is 2.52. The van der Waals surface area contributed by atoms with Crippen molar-refractivity contribution < 1.29 is 37.0 Å². The smallest absolute Gasteiger partial charge is 0.389 e. The zero-order valence-corrected chi connectivity index (χ0v) is 14.7. The fourth-order valence-electron chi connectivity index (χ4n) is 1.96. The van der Waals surface area contributed by atoms with Crippen LogP contribution in [0, 0.1) is 0 Å². The number of ether oxygens (including phenoxy) is 3. The van der Waals surface area contributed by atoms with E-state index in [9.17, 15) is 9.36 Å². The lowest BCUT2D eigenvalue weighted by atomic mass is 10.3. The van der Waals surface area contributed by atoms with E-state index in [-0.39, 0.29) is 31.8 Å². The molecule has 0 aliphatic rings. The monoisotopic (exact) mass is 350 g/mol. The average Bonchev–Trinajstić information content (AvgIpc) is 3.06. The fraction of sp³-hybridized carbons (Fsp3) is 0.643. The van der Waals surface area contributed by atoms with Crippen LogP contribution in [0.1, 0.15) is 30.6 Å². The van der Waals surface area contributed by atoms with Crippen molar-refractivity contribution in [1.29, 1.82) is 0 Å². The molecule has 0 amide bonds. The number of furan rings is 1. The fourth-order valence-corrected chi connectivity index (χ4v) is 3.92. The Morgan fingerprint density at radius 3 is 2.26 bits per heavy atom. The summed E-state index contributed by atoms with van der Waals surface area (Å²) >= 11 is 0. The van der Waals surface area contributed by atoms with Gasteiger partial charge in [-0.1, -0.05) is 0 Å². The molecular formula is C14H23O8P. The first kappa shape index (κ1) is 19.9. The van der Waals surface area contributed by atoms with Gasteiger partial charge in [-0.05, 0) is 19.9 Å². The van der Waals surface area contributed by atoms with Gasteiger partial charge in [-0.25, -0.2) is 4.79 Å². The van der Waals surface area contributed by atoms with Crippen LogP contribution in [-0.2, 0) is 27.8 Å². The van der Waals surface area contributed by atoms with Crippen molar-refractivity contribution in [2.24, 2.45) is 0 Å². The van der Waals surface area contributed by atoms with Gasteiger partial charge in [-0.2, -0.15) is 0 Å². The van der Waals surface area contributed by atoms with E-state index in [4.69, 9.17) is 27.7 Å². The van der Waals surface area contributed by atoms with Gasteiger partial charge in [0.1, 0.15) is 6.26 Å². The van der Waals surface area contributed by atoms with Gasteiger partial charge in [-0.15, -0.1) is 0 Å². The number of esters is 1. The molecule has 0 unspecified atom stereocenters. The molecule has 0 aromatic carbocycles. The quantitative estimate of drug-likeness (QED) is 0.341. The Kier molecular flexibility index (Phi) is 7.94. The molecule has 0 fully saturated rings. The topological polar surface area (TPSA) is 93.4 Å². The molecule has 0 atom stereocenters. The van der Waals surface area contributed by atoms with E-state index >= 15 is 0 Å². The summed E-state index contributed by atoms with van der Waals surface area (Å²) in [7, 11) is -1.08. The molecule has 0 N–H and O–H groups in total. The first-order valence-electron chi connectivity index (χ1n) is 7.17. The third kappa shape index (κ3) is 4.65. The SMILES string of the molecule is CCOP(=O)(OCC)C(CCOC(=O)c1ccoc1)(OC)OC. The van der Waals surface area contributed by atoms with E-state index in [0.717, 1.165) is 0 Å². The first-order valence-corrected chi connectivity index (χ1v) is 8.71. The molecule has 1 rings (SSSR count). The third-order valence-electron chi connectivity index (χ3n) is 3.06. The van der Waals surface area contributed by atoms with E-state index in [2.05, 4.69) is 0 Å². The number of methoxy groups -OCH3 is 2. The van der Waals surface area contributed by atoms with Crippen molar-refractivity contribution in [3.05, 3.63) is 24.2 Å². The van der Waals surface area contributed by atoms with Gasteiger partial charge in [0.2, 0.25) is 0 Å². The molecule has 1 aromatic heterocycles. The van der Waals surface area contributed by atoms with E-state index in [0.29, 0.717) is 0 Å².